The molecule has 1 heterocycles. The average Bonchev–Trinajstić information content (AvgIpc) is 3.04. The van der Waals surface area contributed by atoms with Crippen molar-refractivity contribution in [2.24, 2.45) is 0 Å². The van der Waals surface area contributed by atoms with Gasteiger partial charge in [-0.2, -0.15) is 0 Å². The maximum absolute atomic E-state index is 12.1. The Kier molecular flexibility index (Phi) is 5.14. The van der Waals surface area contributed by atoms with Gasteiger partial charge in [-0.25, -0.2) is 0 Å². The molecule has 5 heteroatoms. The minimum Gasteiger partial charge on any atom is -0.361 e. The standard InChI is InChI=1S/C20H21N3O2/c1-14(15-7-3-2-4-8-15)23-20(25)13-22-19(24)11-16-12-21-18-10-6-5-9-17(16)18/h2-10,12,14,21H,11,13H2,1H3,(H,22,24)(H,23,25). The molecule has 3 N–H and O–H groups in total. The minimum absolute atomic E-state index is 0.0294. The number of carbonyl (C=O) groups excluding carboxylic acids is 2. The first kappa shape index (κ1) is 16.8. The van der Waals surface area contributed by atoms with E-state index in [0.29, 0.717) is 0 Å². The van der Waals surface area contributed by atoms with Crippen LogP contribution >= 0.6 is 0 Å². The molecule has 0 radical (unpaired) electrons. The van der Waals surface area contributed by atoms with Crippen molar-refractivity contribution in [3.05, 3.63) is 71.9 Å². The number of aromatic amines is 1. The Bertz CT molecular complexity index is 871. The highest BCUT2D eigenvalue weighted by molar-refractivity contribution is 5.90. The topological polar surface area (TPSA) is 74.0 Å². The van der Waals surface area contributed by atoms with E-state index in [1.165, 1.54) is 0 Å². The molecular weight excluding hydrogens is 314 g/mol. The molecule has 2 amide bonds. The molecule has 128 valence electrons. The smallest absolute Gasteiger partial charge is 0.239 e. The third-order valence-electron chi connectivity index (χ3n) is 4.15. The van der Waals surface area contributed by atoms with Crippen molar-refractivity contribution in [1.29, 1.82) is 0 Å². The van der Waals surface area contributed by atoms with E-state index in [1.54, 1.807) is 0 Å². The summed E-state index contributed by atoms with van der Waals surface area (Å²) in [4.78, 5) is 27.3. The molecule has 0 spiro atoms. The predicted octanol–water partition coefficient (Wildman–Crippen LogP) is 2.70. The zero-order valence-electron chi connectivity index (χ0n) is 14.1. The summed E-state index contributed by atoms with van der Waals surface area (Å²) in [5, 5.41) is 6.59. The Morgan fingerprint density at radius 2 is 1.72 bits per heavy atom. The lowest BCUT2D eigenvalue weighted by molar-refractivity contribution is -0.126. The summed E-state index contributed by atoms with van der Waals surface area (Å²) in [6.07, 6.45) is 2.08. The van der Waals surface area contributed by atoms with E-state index < -0.39 is 0 Å². The van der Waals surface area contributed by atoms with Gasteiger partial charge in [0.15, 0.2) is 0 Å². The maximum Gasteiger partial charge on any atom is 0.239 e. The molecule has 0 bridgehead atoms. The molecule has 0 aliphatic heterocycles. The Morgan fingerprint density at radius 1 is 1.00 bits per heavy atom. The molecule has 1 aromatic heterocycles. The van der Waals surface area contributed by atoms with Crippen LogP contribution < -0.4 is 10.6 Å². The summed E-state index contributed by atoms with van der Waals surface area (Å²) < 4.78 is 0. The van der Waals surface area contributed by atoms with Crippen LogP contribution in [0.3, 0.4) is 0 Å². The lowest BCUT2D eigenvalue weighted by Gasteiger charge is -2.14. The Morgan fingerprint density at radius 3 is 2.52 bits per heavy atom. The van der Waals surface area contributed by atoms with Gasteiger partial charge in [-0.05, 0) is 24.1 Å². The van der Waals surface area contributed by atoms with Gasteiger partial charge in [0.05, 0.1) is 19.0 Å². The number of amides is 2. The first-order chi connectivity index (χ1) is 12.1. The van der Waals surface area contributed by atoms with Crippen molar-refractivity contribution >= 4 is 22.7 Å². The van der Waals surface area contributed by atoms with Crippen LogP contribution in [0.5, 0.6) is 0 Å². The van der Waals surface area contributed by atoms with Gasteiger partial charge in [0.1, 0.15) is 0 Å². The SMILES string of the molecule is CC(NC(=O)CNC(=O)Cc1c[nH]c2ccccc12)c1ccccc1. The van der Waals surface area contributed by atoms with Crippen LogP contribution in [0.25, 0.3) is 10.9 Å². The van der Waals surface area contributed by atoms with Crippen molar-refractivity contribution in [3.63, 3.8) is 0 Å². The molecule has 0 fully saturated rings. The first-order valence-corrected chi connectivity index (χ1v) is 8.29. The number of H-pyrrole nitrogens is 1. The van der Waals surface area contributed by atoms with Crippen LogP contribution in [0.4, 0.5) is 0 Å². The summed E-state index contributed by atoms with van der Waals surface area (Å²) >= 11 is 0. The van der Waals surface area contributed by atoms with E-state index in [1.807, 2.05) is 67.7 Å². The third kappa shape index (κ3) is 4.26. The molecule has 0 saturated heterocycles. The lowest BCUT2D eigenvalue weighted by Crippen LogP contribution is -2.38. The van der Waals surface area contributed by atoms with Crippen molar-refractivity contribution in [2.45, 2.75) is 19.4 Å². The monoisotopic (exact) mass is 335 g/mol. The number of carbonyl (C=O) groups is 2. The molecular formula is C20H21N3O2. The zero-order chi connectivity index (χ0) is 17.6. The number of hydrogen-bond donors (Lipinski definition) is 3. The molecule has 0 saturated carbocycles. The number of aromatic nitrogens is 1. The van der Waals surface area contributed by atoms with Crippen molar-refractivity contribution in [3.8, 4) is 0 Å². The highest BCUT2D eigenvalue weighted by atomic mass is 16.2. The Hall–Kier alpha value is -3.08. The number of para-hydroxylation sites is 1. The van der Waals surface area contributed by atoms with Crippen molar-refractivity contribution in [1.82, 2.24) is 15.6 Å². The summed E-state index contributed by atoms with van der Waals surface area (Å²) in [6, 6.07) is 17.4. The number of rotatable bonds is 6. The van der Waals surface area contributed by atoms with Gasteiger partial charge in [-0.1, -0.05) is 48.5 Å². The third-order valence-corrected chi connectivity index (χ3v) is 4.15. The van der Waals surface area contributed by atoms with E-state index in [-0.39, 0.29) is 30.8 Å². The van der Waals surface area contributed by atoms with Crippen molar-refractivity contribution < 1.29 is 9.59 Å². The van der Waals surface area contributed by atoms with Gasteiger partial charge in [-0.3, -0.25) is 9.59 Å². The molecule has 25 heavy (non-hydrogen) atoms. The minimum atomic E-state index is -0.205. The Balaban J connectivity index is 1.49. The number of fused-ring (bicyclic) bond motifs is 1. The van der Waals surface area contributed by atoms with Crippen LogP contribution in [0.15, 0.2) is 60.8 Å². The highest BCUT2D eigenvalue weighted by Crippen LogP contribution is 2.17. The fourth-order valence-corrected chi connectivity index (χ4v) is 2.81. The number of nitrogens with one attached hydrogen (secondary N) is 3. The van der Waals surface area contributed by atoms with Gasteiger partial charge in [0.2, 0.25) is 11.8 Å². The van der Waals surface area contributed by atoms with Gasteiger partial charge < -0.3 is 15.6 Å². The van der Waals surface area contributed by atoms with Crippen LogP contribution in [-0.4, -0.2) is 23.3 Å². The fourth-order valence-electron chi connectivity index (χ4n) is 2.81. The first-order valence-electron chi connectivity index (χ1n) is 8.29. The maximum atomic E-state index is 12.1. The van der Waals surface area contributed by atoms with Gasteiger partial charge >= 0.3 is 0 Å². The molecule has 3 rings (SSSR count). The van der Waals surface area contributed by atoms with Gasteiger partial charge in [0.25, 0.3) is 0 Å². The second-order valence-electron chi connectivity index (χ2n) is 6.01. The average molecular weight is 335 g/mol. The summed E-state index contributed by atoms with van der Waals surface area (Å²) in [5.74, 6) is -0.379. The second-order valence-corrected chi connectivity index (χ2v) is 6.01. The zero-order valence-corrected chi connectivity index (χ0v) is 14.1. The van der Waals surface area contributed by atoms with Crippen LogP contribution in [0, 0.1) is 0 Å². The summed E-state index contributed by atoms with van der Waals surface area (Å²) in [6.45, 7) is 1.89. The number of hydrogen-bond acceptors (Lipinski definition) is 2. The van der Waals surface area contributed by atoms with E-state index in [9.17, 15) is 9.59 Å². The highest BCUT2D eigenvalue weighted by Gasteiger charge is 2.12. The second kappa shape index (κ2) is 7.66. The predicted molar refractivity (Wildman–Crippen MR) is 98.0 cm³/mol. The lowest BCUT2D eigenvalue weighted by atomic mass is 10.1. The molecule has 0 aliphatic carbocycles. The van der Waals surface area contributed by atoms with Crippen molar-refractivity contribution in [2.75, 3.05) is 6.54 Å². The molecule has 3 aromatic rings. The van der Waals surface area contributed by atoms with Gasteiger partial charge in [-0.15, -0.1) is 0 Å². The molecule has 1 atom stereocenters. The van der Waals surface area contributed by atoms with E-state index in [0.717, 1.165) is 22.0 Å². The van der Waals surface area contributed by atoms with E-state index in [4.69, 9.17) is 0 Å². The van der Waals surface area contributed by atoms with Crippen LogP contribution in [0.2, 0.25) is 0 Å². The number of benzene rings is 2. The fraction of sp³-hybridized carbons (Fsp3) is 0.200. The Labute approximate surface area is 146 Å². The van der Waals surface area contributed by atoms with Crippen LogP contribution in [0.1, 0.15) is 24.1 Å². The van der Waals surface area contributed by atoms with E-state index in [2.05, 4.69) is 15.6 Å². The normalized spacial score (nSPS) is 11.9. The molecule has 0 aliphatic rings. The van der Waals surface area contributed by atoms with Crippen LogP contribution in [-0.2, 0) is 16.0 Å². The molecule has 2 aromatic carbocycles. The molecule has 1 unspecified atom stereocenters. The quantitative estimate of drug-likeness (QED) is 0.648. The summed E-state index contributed by atoms with van der Waals surface area (Å²) in [5.41, 5.74) is 2.95. The largest absolute Gasteiger partial charge is 0.361 e. The molecule has 5 nitrogen and oxygen atoms in total. The van der Waals surface area contributed by atoms with Gasteiger partial charge in [0, 0.05) is 17.1 Å². The van der Waals surface area contributed by atoms with E-state index >= 15 is 0 Å². The summed E-state index contributed by atoms with van der Waals surface area (Å²) in [7, 11) is 0.